The third kappa shape index (κ3) is 3.29. The normalized spacial score (nSPS) is 12.6. The smallest absolute Gasteiger partial charge is 0.183 e. The van der Waals surface area contributed by atoms with Crippen LogP contribution in [0.4, 0.5) is 5.13 Å². The van der Waals surface area contributed by atoms with E-state index in [0.29, 0.717) is 5.25 Å². The molecule has 0 amide bonds. The number of nitrogens with one attached hydrogen (secondary N) is 1. The van der Waals surface area contributed by atoms with Gasteiger partial charge in [-0.15, -0.1) is 0 Å². The van der Waals surface area contributed by atoms with Crippen molar-refractivity contribution in [3.05, 3.63) is 18.2 Å². The molecule has 1 atom stereocenters. The van der Waals surface area contributed by atoms with E-state index in [2.05, 4.69) is 23.5 Å². The maximum absolute atomic E-state index is 5.21. The number of rotatable bonds is 6. The van der Waals surface area contributed by atoms with Gasteiger partial charge < -0.3 is 10.1 Å². The Morgan fingerprint density at radius 2 is 2.33 bits per heavy atom. The van der Waals surface area contributed by atoms with Crippen LogP contribution >= 0.6 is 23.1 Å². The SMILES string of the molecule is COc1ccc2nc(NCCC(C)SC)sc2c1. The Bertz CT molecular complexity index is 513. The van der Waals surface area contributed by atoms with Gasteiger partial charge in [-0.05, 0) is 30.9 Å². The summed E-state index contributed by atoms with van der Waals surface area (Å²) in [6, 6.07) is 5.98. The van der Waals surface area contributed by atoms with E-state index in [1.807, 2.05) is 30.0 Å². The Labute approximate surface area is 116 Å². The van der Waals surface area contributed by atoms with Gasteiger partial charge in [0.25, 0.3) is 0 Å². The molecule has 0 aliphatic heterocycles. The molecule has 1 aromatic heterocycles. The highest BCUT2D eigenvalue weighted by atomic mass is 32.2. The standard InChI is InChI=1S/C13H18N2OS2/c1-9(17-3)6-7-14-13-15-11-5-4-10(16-2)8-12(11)18-13/h4-5,8-9H,6-7H2,1-3H3,(H,14,15). The van der Waals surface area contributed by atoms with E-state index in [1.165, 1.54) is 0 Å². The number of benzene rings is 1. The van der Waals surface area contributed by atoms with Crippen molar-refractivity contribution >= 4 is 38.4 Å². The minimum absolute atomic E-state index is 0.687. The van der Waals surface area contributed by atoms with Crippen LogP contribution in [0.25, 0.3) is 10.2 Å². The maximum atomic E-state index is 5.21. The number of hydrogen-bond acceptors (Lipinski definition) is 5. The molecule has 5 heteroatoms. The highest BCUT2D eigenvalue weighted by molar-refractivity contribution is 7.99. The molecule has 18 heavy (non-hydrogen) atoms. The van der Waals surface area contributed by atoms with Gasteiger partial charge in [-0.25, -0.2) is 4.98 Å². The minimum Gasteiger partial charge on any atom is -0.497 e. The van der Waals surface area contributed by atoms with Gasteiger partial charge in [0.2, 0.25) is 0 Å². The second-order valence-corrected chi connectivity index (χ2v) is 6.42. The van der Waals surface area contributed by atoms with E-state index >= 15 is 0 Å². The molecule has 1 heterocycles. The maximum Gasteiger partial charge on any atom is 0.183 e. The van der Waals surface area contributed by atoms with Crippen LogP contribution in [0.2, 0.25) is 0 Å². The van der Waals surface area contributed by atoms with Crippen LogP contribution in [0, 0.1) is 0 Å². The van der Waals surface area contributed by atoms with Crippen molar-refractivity contribution in [1.82, 2.24) is 4.98 Å². The van der Waals surface area contributed by atoms with Crippen LogP contribution in [0.3, 0.4) is 0 Å². The molecule has 0 aliphatic rings. The van der Waals surface area contributed by atoms with Gasteiger partial charge in [0.1, 0.15) is 5.75 Å². The van der Waals surface area contributed by atoms with Gasteiger partial charge in [0.05, 0.1) is 17.3 Å². The molecule has 0 spiro atoms. The second-order valence-electron chi connectivity index (χ2n) is 4.11. The van der Waals surface area contributed by atoms with Crippen LogP contribution < -0.4 is 10.1 Å². The van der Waals surface area contributed by atoms with E-state index in [9.17, 15) is 0 Å². The lowest BCUT2D eigenvalue weighted by atomic mass is 10.3. The Morgan fingerprint density at radius 1 is 1.50 bits per heavy atom. The Kier molecular flexibility index (Phi) is 4.72. The lowest BCUT2D eigenvalue weighted by molar-refractivity contribution is 0.415. The van der Waals surface area contributed by atoms with Crippen molar-refractivity contribution in [3.8, 4) is 5.75 Å². The molecular weight excluding hydrogens is 264 g/mol. The fourth-order valence-electron chi connectivity index (χ4n) is 1.61. The van der Waals surface area contributed by atoms with E-state index in [4.69, 9.17) is 4.74 Å². The van der Waals surface area contributed by atoms with Crippen molar-refractivity contribution in [2.24, 2.45) is 0 Å². The monoisotopic (exact) mass is 282 g/mol. The summed E-state index contributed by atoms with van der Waals surface area (Å²) < 4.78 is 6.38. The molecule has 98 valence electrons. The number of nitrogens with zero attached hydrogens (tertiary/aromatic N) is 1. The fourth-order valence-corrected chi connectivity index (χ4v) is 2.88. The summed E-state index contributed by atoms with van der Waals surface area (Å²) in [5.74, 6) is 0.883. The Morgan fingerprint density at radius 3 is 3.06 bits per heavy atom. The zero-order valence-corrected chi connectivity index (χ0v) is 12.5. The molecule has 1 unspecified atom stereocenters. The molecule has 1 aromatic carbocycles. The summed E-state index contributed by atoms with van der Waals surface area (Å²) in [5, 5.41) is 5.07. The zero-order valence-electron chi connectivity index (χ0n) is 10.9. The Hall–Kier alpha value is -0.940. The van der Waals surface area contributed by atoms with Gasteiger partial charge in [0.15, 0.2) is 5.13 Å². The Balaban J connectivity index is 2.01. The molecule has 0 saturated carbocycles. The summed E-state index contributed by atoms with van der Waals surface area (Å²) in [6.07, 6.45) is 3.30. The van der Waals surface area contributed by atoms with E-state index in [0.717, 1.165) is 34.1 Å². The van der Waals surface area contributed by atoms with Crippen LogP contribution in [0.1, 0.15) is 13.3 Å². The van der Waals surface area contributed by atoms with Gasteiger partial charge >= 0.3 is 0 Å². The van der Waals surface area contributed by atoms with Crippen LogP contribution in [-0.2, 0) is 0 Å². The van der Waals surface area contributed by atoms with Crippen molar-refractivity contribution in [2.45, 2.75) is 18.6 Å². The van der Waals surface area contributed by atoms with Crippen molar-refractivity contribution < 1.29 is 4.74 Å². The summed E-state index contributed by atoms with van der Waals surface area (Å²) in [7, 11) is 1.69. The van der Waals surface area contributed by atoms with Gasteiger partial charge in [-0.2, -0.15) is 11.8 Å². The molecule has 1 N–H and O–H groups in total. The average molecular weight is 282 g/mol. The van der Waals surface area contributed by atoms with Crippen LogP contribution in [0.15, 0.2) is 18.2 Å². The average Bonchev–Trinajstić information content (AvgIpc) is 2.79. The minimum atomic E-state index is 0.687. The van der Waals surface area contributed by atoms with E-state index in [1.54, 1.807) is 18.4 Å². The number of thioether (sulfide) groups is 1. The van der Waals surface area contributed by atoms with Crippen molar-refractivity contribution in [1.29, 1.82) is 0 Å². The number of methoxy groups -OCH3 is 1. The number of aromatic nitrogens is 1. The first-order valence-corrected chi connectivity index (χ1v) is 8.04. The molecule has 0 aliphatic carbocycles. The first-order valence-electron chi connectivity index (χ1n) is 5.94. The molecule has 0 bridgehead atoms. The number of thiazole rings is 1. The fraction of sp³-hybridized carbons (Fsp3) is 0.462. The highest BCUT2D eigenvalue weighted by Crippen LogP contribution is 2.29. The quantitative estimate of drug-likeness (QED) is 0.872. The first kappa shape index (κ1) is 13.5. The van der Waals surface area contributed by atoms with E-state index in [-0.39, 0.29) is 0 Å². The van der Waals surface area contributed by atoms with Crippen LogP contribution in [-0.4, -0.2) is 30.1 Å². The third-order valence-electron chi connectivity index (χ3n) is 2.83. The predicted octanol–water partition coefficient (Wildman–Crippen LogP) is 3.86. The van der Waals surface area contributed by atoms with Gasteiger partial charge in [0, 0.05) is 11.8 Å². The second kappa shape index (κ2) is 6.29. The summed E-state index contributed by atoms with van der Waals surface area (Å²) >= 11 is 3.57. The summed E-state index contributed by atoms with van der Waals surface area (Å²) in [5.41, 5.74) is 1.03. The third-order valence-corrected chi connectivity index (χ3v) is 4.84. The predicted molar refractivity (Wildman–Crippen MR) is 82.3 cm³/mol. The number of fused-ring (bicyclic) bond motifs is 1. The largest absolute Gasteiger partial charge is 0.497 e. The molecule has 3 nitrogen and oxygen atoms in total. The number of anilines is 1. The molecule has 2 rings (SSSR count). The van der Waals surface area contributed by atoms with Crippen molar-refractivity contribution in [2.75, 3.05) is 25.2 Å². The lowest BCUT2D eigenvalue weighted by Gasteiger charge is -2.07. The topological polar surface area (TPSA) is 34.1 Å². The highest BCUT2D eigenvalue weighted by Gasteiger charge is 2.05. The molecule has 2 aromatic rings. The number of hydrogen-bond donors (Lipinski definition) is 1. The van der Waals surface area contributed by atoms with E-state index < -0.39 is 0 Å². The number of ether oxygens (including phenoxy) is 1. The van der Waals surface area contributed by atoms with Crippen molar-refractivity contribution in [3.63, 3.8) is 0 Å². The molecule has 0 fully saturated rings. The summed E-state index contributed by atoms with van der Waals surface area (Å²) in [6.45, 7) is 3.22. The lowest BCUT2D eigenvalue weighted by Crippen LogP contribution is -2.07. The van der Waals surface area contributed by atoms with Gasteiger partial charge in [-0.1, -0.05) is 18.3 Å². The summed E-state index contributed by atoms with van der Waals surface area (Å²) in [4.78, 5) is 4.56. The molecule has 0 saturated heterocycles. The zero-order chi connectivity index (χ0) is 13.0. The molecular formula is C13H18N2OS2. The first-order chi connectivity index (χ1) is 8.72. The van der Waals surface area contributed by atoms with Crippen LogP contribution in [0.5, 0.6) is 5.75 Å². The molecule has 0 radical (unpaired) electrons. The van der Waals surface area contributed by atoms with Gasteiger partial charge in [-0.3, -0.25) is 0 Å².